The number of methoxy groups -OCH3 is 1. The van der Waals surface area contributed by atoms with E-state index >= 15 is 0 Å². The molecule has 0 aliphatic heterocycles. The lowest BCUT2D eigenvalue weighted by molar-refractivity contribution is 0.0506. The number of hydrogen-bond acceptors (Lipinski definition) is 2. The molecule has 0 aromatic heterocycles. The number of aryl methyl sites for hydroxylation is 2. The smallest absolute Gasteiger partial charge is 0.188 e. The highest BCUT2D eigenvalue weighted by Gasteiger charge is 2.23. The largest absolute Gasteiger partial charge is 0.467 e. The van der Waals surface area contributed by atoms with Crippen LogP contribution < -0.4 is 4.74 Å². The molecule has 0 bridgehead atoms. The number of ether oxygens (including phenoxy) is 2. The molecule has 0 unspecified atom stereocenters. The molecule has 0 saturated carbocycles. The summed E-state index contributed by atoms with van der Waals surface area (Å²) < 4.78 is 10.5. The van der Waals surface area contributed by atoms with Gasteiger partial charge in [-0.3, -0.25) is 0 Å². The fourth-order valence-corrected chi connectivity index (χ4v) is 2.46. The van der Waals surface area contributed by atoms with E-state index in [2.05, 4.69) is 64.1 Å². The van der Waals surface area contributed by atoms with Crippen LogP contribution in [-0.2, 0) is 10.2 Å². The summed E-state index contributed by atoms with van der Waals surface area (Å²) in [6.07, 6.45) is 0. The Morgan fingerprint density at radius 3 is 2.10 bits per heavy atom. The molecule has 0 heterocycles. The Morgan fingerprint density at radius 1 is 0.905 bits per heavy atom. The Hall–Kier alpha value is -1.80. The van der Waals surface area contributed by atoms with Crippen LogP contribution >= 0.6 is 0 Å². The molecule has 2 heteroatoms. The standard InChI is InChI=1S/C19H24O2/c1-14-6-8-16(9-7-14)19(3,4)17-10-11-18(15(2)12-17)21-13-20-5/h6-12H,13H2,1-5H3. The van der Waals surface area contributed by atoms with Crippen LogP contribution in [0.4, 0.5) is 0 Å². The van der Waals surface area contributed by atoms with Crippen molar-refractivity contribution in [3.8, 4) is 5.75 Å². The van der Waals surface area contributed by atoms with Crippen molar-refractivity contribution in [3.05, 3.63) is 64.7 Å². The maximum atomic E-state index is 5.55. The van der Waals surface area contributed by atoms with Gasteiger partial charge in [-0.1, -0.05) is 55.8 Å². The highest BCUT2D eigenvalue weighted by molar-refractivity contribution is 5.44. The molecular weight excluding hydrogens is 260 g/mol. The predicted octanol–water partition coefficient (Wildman–Crippen LogP) is 4.61. The van der Waals surface area contributed by atoms with Crippen LogP contribution in [0.3, 0.4) is 0 Å². The highest BCUT2D eigenvalue weighted by Crippen LogP contribution is 2.34. The second-order valence-corrected chi connectivity index (χ2v) is 6.02. The Balaban J connectivity index is 2.31. The third kappa shape index (κ3) is 3.45. The van der Waals surface area contributed by atoms with E-state index in [1.165, 1.54) is 16.7 Å². The summed E-state index contributed by atoms with van der Waals surface area (Å²) in [5.41, 5.74) is 4.99. The van der Waals surface area contributed by atoms with E-state index in [0.29, 0.717) is 0 Å². The SMILES string of the molecule is COCOc1ccc(C(C)(C)c2ccc(C)cc2)cc1C. The van der Waals surface area contributed by atoms with Gasteiger partial charge in [0.25, 0.3) is 0 Å². The molecule has 21 heavy (non-hydrogen) atoms. The Bertz CT molecular complexity index is 597. The topological polar surface area (TPSA) is 18.5 Å². The fourth-order valence-electron chi connectivity index (χ4n) is 2.46. The Labute approximate surface area is 127 Å². The van der Waals surface area contributed by atoms with Crippen molar-refractivity contribution in [1.29, 1.82) is 0 Å². The van der Waals surface area contributed by atoms with Gasteiger partial charge in [-0.25, -0.2) is 0 Å². The average Bonchev–Trinajstić information content (AvgIpc) is 2.46. The van der Waals surface area contributed by atoms with Crippen LogP contribution in [0.15, 0.2) is 42.5 Å². The van der Waals surface area contributed by atoms with Gasteiger partial charge in [0, 0.05) is 12.5 Å². The van der Waals surface area contributed by atoms with Gasteiger partial charge in [-0.15, -0.1) is 0 Å². The zero-order valence-corrected chi connectivity index (χ0v) is 13.6. The normalized spacial score (nSPS) is 11.5. The average molecular weight is 284 g/mol. The minimum atomic E-state index is -0.0295. The summed E-state index contributed by atoms with van der Waals surface area (Å²) in [6.45, 7) is 8.97. The van der Waals surface area contributed by atoms with E-state index in [9.17, 15) is 0 Å². The zero-order valence-electron chi connectivity index (χ0n) is 13.6. The lowest BCUT2D eigenvalue weighted by Crippen LogP contribution is -2.19. The number of benzene rings is 2. The van der Waals surface area contributed by atoms with Crippen LogP contribution in [0.2, 0.25) is 0 Å². The first-order valence-electron chi connectivity index (χ1n) is 7.25. The minimum absolute atomic E-state index is 0.0295. The maximum Gasteiger partial charge on any atom is 0.188 e. The molecule has 0 amide bonds. The van der Waals surface area contributed by atoms with Crippen LogP contribution in [0.25, 0.3) is 0 Å². The van der Waals surface area contributed by atoms with Gasteiger partial charge in [0.05, 0.1) is 0 Å². The van der Waals surface area contributed by atoms with Crippen LogP contribution in [0, 0.1) is 13.8 Å². The van der Waals surface area contributed by atoms with Gasteiger partial charge in [0.1, 0.15) is 5.75 Å². The first-order valence-corrected chi connectivity index (χ1v) is 7.25. The first-order chi connectivity index (χ1) is 9.95. The van der Waals surface area contributed by atoms with Gasteiger partial charge in [-0.05, 0) is 36.6 Å². The number of hydrogen-bond donors (Lipinski definition) is 0. The zero-order chi connectivity index (χ0) is 15.5. The molecule has 0 aliphatic carbocycles. The van der Waals surface area contributed by atoms with Crippen molar-refractivity contribution in [1.82, 2.24) is 0 Å². The van der Waals surface area contributed by atoms with Crippen molar-refractivity contribution in [2.24, 2.45) is 0 Å². The van der Waals surface area contributed by atoms with E-state index in [4.69, 9.17) is 9.47 Å². The van der Waals surface area contributed by atoms with Crippen molar-refractivity contribution < 1.29 is 9.47 Å². The van der Waals surface area contributed by atoms with E-state index in [0.717, 1.165) is 11.3 Å². The third-order valence-corrected chi connectivity index (χ3v) is 4.00. The van der Waals surface area contributed by atoms with Crippen molar-refractivity contribution >= 4 is 0 Å². The first kappa shape index (κ1) is 15.6. The maximum absolute atomic E-state index is 5.55. The summed E-state index contributed by atoms with van der Waals surface area (Å²) in [6, 6.07) is 15.1. The molecule has 2 nitrogen and oxygen atoms in total. The molecule has 0 atom stereocenters. The monoisotopic (exact) mass is 284 g/mol. The molecule has 0 spiro atoms. The molecule has 112 valence electrons. The van der Waals surface area contributed by atoms with Gasteiger partial charge >= 0.3 is 0 Å². The molecule has 0 saturated heterocycles. The van der Waals surface area contributed by atoms with Crippen LogP contribution in [0.1, 0.15) is 36.1 Å². The summed E-state index contributed by atoms with van der Waals surface area (Å²) in [5, 5.41) is 0. The van der Waals surface area contributed by atoms with Crippen molar-refractivity contribution in [3.63, 3.8) is 0 Å². The van der Waals surface area contributed by atoms with E-state index < -0.39 is 0 Å². The van der Waals surface area contributed by atoms with Crippen LogP contribution in [-0.4, -0.2) is 13.9 Å². The summed E-state index contributed by atoms with van der Waals surface area (Å²) >= 11 is 0. The van der Waals surface area contributed by atoms with Gasteiger partial charge in [0.2, 0.25) is 0 Å². The molecule has 0 radical (unpaired) electrons. The lowest BCUT2D eigenvalue weighted by Gasteiger charge is -2.27. The second kappa shape index (κ2) is 6.31. The van der Waals surface area contributed by atoms with Crippen molar-refractivity contribution in [2.75, 3.05) is 13.9 Å². The van der Waals surface area contributed by atoms with E-state index in [-0.39, 0.29) is 12.2 Å². The second-order valence-electron chi connectivity index (χ2n) is 6.02. The quantitative estimate of drug-likeness (QED) is 0.746. The van der Waals surface area contributed by atoms with E-state index in [1.807, 2.05) is 6.07 Å². The Kier molecular flexibility index (Phi) is 4.69. The molecule has 2 rings (SSSR count). The summed E-state index contributed by atoms with van der Waals surface area (Å²) in [5.74, 6) is 0.875. The molecule has 0 fully saturated rings. The molecule has 0 aliphatic rings. The molecule has 2 aromatic carbocycles. The van der Waals surface area contributed by atoms with Crippen molar-refractivity contribution in [2.45, 2.75) is 33.1 Å². The van der Waals surface area contributed by atoms with Crippen LogP contribution in [0.5, 0.6) is 5.75 Å². The molecule has 0 N–H and O–H groups in total. The fraction of sp³-hybridized carbons (Fsp3) is 0.368. The van der Waals surface area contributed by atoms with Gasteiger partial charge < -0.3 is 9.47 Å². The molecular formula is C19H24O2. The lowest BCUT2D eigenvalue weighted by atomic mass is 9.77. The number of rotatable bonds is 5. The molecule has 2 aromatic rings. The van der Waals surface area contributed by atoms with Gasteiger partial charge in [0.15, 0.2) is 6.79 Å². The summed E-state index contributed by atoms with van der Waals surface area (Å²) in [7, 11) is 1.63. The predicted molar refractivity (Wildman–Crippen MR) is 87.0 cm³/mol. The van der Waals surface area contributed by atoms with E-state index in [1.54, 1.807) is 7.11 Å². The van der Waals surface area contributed by atoms with Gasteiger partial charge in [-0.2, -0.15) is 0 Å². The summed E-state index contributed by atoms with van der Waals surface area (Å²) in [4.78, 5) is 0. The third-order valence-electron chi connectivity index (χ3n) is 4.00. The highest BCUT2D eigenvalue weighted by atomic mass is 16.7. The Morgan fingerprint density at radius 2 is 1.52 bits per heavy atom. The minimum Gasteiger partial charge on any atom is -0.467 e.